The zero-order valence-corrected chi connectivity index (χ0v) is 26.7. The van der Waals surface area contributed by atoms with E-state index >= 15 is 0 Å². The van der Waals surface area contributed by atoms with Crippen LogP contribution in [-0.4, -0.2) is 44.0 Å². The first kappa shape index (κ1) is 33.0. The third kappa shape index (κ3) is 9.05. The first-order valence-electron chi connectivity index (χ1n) is 15.2. The number of amides is 1. The van der Waals surface area contributed by atoms with Crippen LogP contribution in [0.15, 0.2) is 103 Å². The zero-order valence-electron chi connectivity index (χ0n) is 26.7. The number of benzene rings is 4. The quantitative estimate of drug-likeness (QED) is 0.0979. The van der Waals surface area contributed by atoms with Gasteiger partial charge in [-0.1, -0.05) is 93.1 Å². The van der Waals surface area contributed by atoms with Crippen molar-refractivity contribution in [1.82, 2.24) is 0 Å². The second-order valence-electron chi connectivity index (χ2n) is 12.1. The van der Waals surface area contributed by atoms with Crippen molar-refractivity contribution in [3.05, 3.63) is 125 Å². The minimum atomic E-state index is -0.709. The highest BCUT2D eigenvalue weighted by atomic mass is 16.5. The molecule has 4 aromatic carbocycles. The van der Waals surface area contributed by atoms with Gasteiger partial charge < -0.3 is 19.7 Å². The van der Waals surface area contributed by atoms with Gasteiger partial charge in [-0.2, -0.15) is 0 Å². The summed E-state index contributed by atoms with van der Waals surface area (Å²) in [6, 6.07) is 31.1. The summed E-state index contributed by atoms with van der Waals surface area (Å²) >= 11 is 0. The summed E-state index contributed by atoms with van der Waals surface area (Å²) < 4.78 is 11.1. The number of rotatable bonds is 13. The van der Waals surface area contributed by atoms with Crippen molar-refractivity contribution in [2.75, 3.05) is 30.5 Å². The molecular formula is C38H42N2O5. The molecule has 234 valence electrons. The molecule has 0 radical (unpaired) electrons. The van der Waals surface area contributed by atoms with Gasteiger partial charge in [0, 0.05) is 40.9 Å². The van der Waals surface area contributed by atoms with Crippen LogP contribution in [0, 0.1) is 12.3 Å². The van der Waals surface area contributed by atoms with E-state index in [1.807, 2.05) is 105 Å². The number of esters is 1. The summed E-state index contributed by atoms with van der Waals surface area (Å²) in [5.41, 5.74) is 4.03. The van der Waals surface area contributed by atoms with Gasteiger partial charge in [0.05, 0.1) is 13.7 Å². The summed E-state index contributed by atoms with van der Waals surface area (Å²) in [5, 5.41) is 3.24. The predicted octanol–water partition coefficient (Wildman–Crippen LogP) is 7.27. The lowest BCUT2D eigenvalue weighted by Crippen LogP contribution is -2.40. The second-order valence-corrected chi connectivity index (χ2v) is 12.1. The van der Waals surface area contributed by atoms with Gasteiger partial charge in [0.25, 0.3) is 0 Å². The highest BCUT2D eigenvalue weighted by Crippen LogP contribution is 2.25. The number of para-hydroxylation sites is 1. The highest BCUT2D eigenvalue weighted by Gasteiger charge is 2.28. The molecule has 45 heavy (non-hydrogen) atoms. The molecule has 4 aromatic rings. The molecule has 7 heteroatoms. The van der Waals surface area contributed by atoms with E-state index < -0.39 is 17.4 Å². The Morgan fingerprint density at radius 2 is 1.47 bits per heavy atom. The number of hydrogen-bond acceptors (Lipinski definition) is 6. The second kappa shape index (κ2) is 15.2. The smallest absolute Gasteiger partial charge is 0.328 e. The topological polar surface area (TPSA) is 84.9 Å². The molecule has 4 rings (SSSR count). The molecule has 0 spiro atoms. The maximum Gasteiger partial charge on any atom is 0.328 e. The number of carbonyl (C=O) groups is 3. The van der Waals surface area contributed by atoms with Crippen molar-refractivity contribution in [3.8, 4) is 5.75 Å². The Morgan fingerprint density at radius 1 is 0.822 bits per heavy atom. The average Bonchev–Trinajstić information content (AvgIpc) is 3.05. The molecule has 1 N–H and O–H groups in total. The fourth-order valence-electron chi connectivity index (χ4n) is 4.92. The first-order chi connectivity index (χ1) is 21.6. The van der Waals surface area contributed by atoms with Crippen LogP contribution in [0.4, 0.5) is 11.4 Å². The number of nitrogens with zero attached hydrogens (tertiary/aromatic N) is 1. The Morgan fingerprint density at radius 3 is 2.11 bits per heavy atom. The Balaban J connectivity index is 1.37. The van der Waals surface area contributed by atoms with E-state index in [0.29, 0.717) is 48.6 Å². The Labute approximate surface area is 266 Å². The van der Waals surface area contributed by atoms with Crippen LogP contribution in [0.3, 0.4) is 0 Å². The lowest BCUT2D eigenvalue weighted by Gasteiger charge is -2.29. The third-order valence-corrected chi connectivity index (χ3v) is 7.41. The van der Waals surface area contributed by atoms with Crippen molar-refractivity contribution in [1.29, 1.82) is 0 Å². The molecule has 0 heterocycles. The van der Waals surface area contributed by atoms with Gasteiger partial charge in [0.15, 0.2) is 5.78 Å². The van der Waals surface area contributed by atoms with Gasteiger partial charge in [0.2, 0.25) is 5.91 Å². The van der Waals surface area contributed by atoms with Crippen molar-refractivity contribution >= 4 is 29.0 Å². The lowest BCUT2D eigenvalue weighted by molar-refractivity contribution is -0.141. The summed E-state index contributed by atoms with van der Waals surface area (Å²) in [4.78, 5) is 41.0. The minimum Gasteiger partial charge on any atom is -0.494 e. The molecule has 0 unspecified atom stereocenters. The predicted molar refractivity (Wildman–Crippen MR) is 179 cm³/mol. The van der Waals surface area contributed by atoms with E-state index in [1.54, 1.807) is 30.3 Å². The van der Waals surface area contributed by atoms with E-state index in [1.165, 1.54) is 7.11 Å². The maximum atomic E-state index is 13.2. The van der Waals surface area contributed by atoms with Crippen LogP contribution < -0.4 is 15.0 Å². The standard InChI is InChI=1S/C38H42N2O5/c1-27-16-20-30(21-17-27)40(37(43)38(2,3)4)24-11-25-45-31-22-18-28(19-23-31)26-34(36(42)44-5)39-33-15-10-9-14-32(33)35(41)29-12-7-6-8-13-29/h6-10,12-23,34,39H,11,24-26H2,1-5H3/t34-/m0/s1. The van der Waals surface area contributed by atoms with Crippen LogP contribution in [0.25, 0.3) is 0 Å². The number of ether oxygens (including phenoxy) is 2. The maximum absolute atomic E-state index is 13.2. The van der Waals surface area contributed by atoms with E-state index in [0.717, 1.165) is 16.8 Å². The molecule has 0 bridgehead atoms. The average molecular weight is 607 g/mol. The number of aryl methyl sites for hydroxylation is 1. The molecule has 0 aromatic heterocycles. The molecule has 0 saturated carbocycles. The molecule has 0 fully saturated rings. The van der Waals surface area contributed by atoms with Crippen molar-refractivity contribution in [2.45, 2.75) is 46.6 Å². The molecular weight excluding hydrogens is 564 g/mol. The molecule has 1 amide bonds. The fraction of sp³-hybridized carbons (Fsp3) is 0.289. The lowest BCUT2D eigenvalue weighted by atomic mass is 9.94. The van der Waals surface area contributed by atoms with Crippen LogP contribution in [0.2, 0.25) is 0 Å². The summed E-state index contributed by atoms with van der Waals surface area (Å²) in [5.74, 6) is 0.203. The number of carbonyl (C=O) groups excluding carboxylic acids is 3. The molecule has 0 aliphatic heterocycles. The number of nitrogens with one attached hydrogen (secondary N) is 1. The van der Waals surface area contributed by atoms with Gasteiger partial charge in [0.1, 0.15) is 11.8 Å². The van der Waals surface area contributed by atoms with E-state index in [4.69, 9.17) is 9.47 Å². The van der Waals surface area contributed by atoms with Crippen LogP contribution in [-0.2, 0) is 20.7 Å². The number of methoxy groups -OCH3 is 1. The highest BCUT2D eigenvalue weighted by molar-refractivity contribution is 6.12. The molecule has 0 aliphatic carbocycles. The molecule has 0 saturated heterocycles. The summed E-state index contributed by atoms with van der Waals surface area (Å²) in [6.45, 7) is 8.79. The Hall–Kier alpha value is -4.91. The van der Waals surface area contributed by atoms with Crippen LogP contribution >= 0.6 is 0 Å². The number of ketones is 1. The summed E-state index contributed by atoms with van der Waals surface area (Å²) in [6.07, 6.45) is 1.01. The van der Waals surface area contributed by atoms with Gasteiger partial charge in [-0.05, 0) is 55.3 Å². The van der Waals surface area contributed by atoms with Crippen LogP contribution in [0.5, 0.6) is 5.75 Å². The fourth-order valence-corrected chi connectivity index (χ4v) is 4.92. The van der Waals surface area contributed by atoms with Crippen molar-refractivity contribution in [3.63, 3.8) is 0 Å². The SMILES string of the molecule is COC(=O)[C@H](Cc1ccc(OCCCN(C(=O)C(C)(C)C)c2ccc(C)cc2)cc1)Nc1ccccc1C(=O)c1ccccc1. The van der Waals surface area contributed by atoms with Crippen molar-refractivity contribution < 1.29 is 23.9 Å². The third-order valence-electron chi connectivity index (χ3n) is 7.41. The largest absolute Gasteiger partial charge is 0.494 e. The van der Waals surface area contributed by atoms with Crippen LogP contribution in [0.1, 0.15) is 54.2 Å². The van der Waals surface area contributed by atoms with Gasteiger partial charge in [-0.25, -0.2) is 4.79 Å². The normalized spacial score (nSPS) is 11.8. The van der Waals surface area contributed by atoms with Crippen molar-refractivity contribution in [2.24, 2.45) is 5.41 Å². The summed E-state index contributed by atoms with van der Waals surface area (Å²) in [7, 11) is 1.35. The minimum absolute atomic E-state index is 0.0662. The van der Waals surface area contributed by atoms with Gasteiger partial charge in [-0.3, -0.25) is 9.59 Å². The number of hydrogen-bond donors (Lipinski definition) is 1. The van der Waals surface area contributed by atoms with Gasteiger partial charge >= 0.3 is 5.97 Å². The first-order valence-corrected chi connectivity index (χ1v) is 15.2. The van der Waals surface area contributed by atoms with E-state index in [-0.39, 0.29) is 11.7 Å². The van der Waals surface area contributed by atoms with E-state index in [2.05, 4.69) is 5.32 Å². The molecule has 1 atom stereocenters. The Bertz CT molecular complexity index is 1580. The molecule has 7 nitrogen and oxygen atoms in total. The Kier molecular flexibility index (Phi) is 11.1. The zero-order chi connectivity index (χ0) is 32.4. The number of anilines is 2. The molecule has 0 aliphatic rings. The van der Waals surface area contributed by atoms with Gasteiger partial charge in [-0.15, -0.1) is 0 Å². The van der Waals surface area contributed by atoms with E-state index in [9.17, 15) is 14.4 Å². The monoisotopic (exact) mass is 606 g/mol.